The molecule has 0 N–H and O–H groups in total. The third-order valence-electron chi connectivity index (χ3n) is 5.32. The van der Waals surface area contributed by atoms with E-state index in [1.807, 2.05) is 48.5 Å². The van der Waals surface area contributed by atoms with E-state index in [2.05, 4.69) is 72.8 Å². The van der Waals surface area contributed by atoms with E-state index in [4.69, 9.17) is 11.6 Å². The normalized spacial score (nSPS) is 11.5. The molecule has 0 bridgehead atoms. The number of carbonyl (C=O) groups is 1. The highest BCUT2D eigenvalue weighted by atomic mass is 35.5. The van der Waals surface area contributed by atoms with Crippen molar-refractivity contribution in [2.45, 2.75) is 0 Å². The zero-order valence-electron chi connectivity index (χ0n) is 17.1. The number of rotatable bonds is 7. The summed E-state index contributed by atoms with van der Waals surface area (Å²) in [5.41, 5.74) is 0.959. The molecule has 0 aliphatic rings. The zero-order valence-corrected chi connectivity index (χ0v) is 18.7. The molecule has 31 heavy (non-hydrogen) atoms. The van der Waals surface area contributed by atoms with Crippen LogP contribution in [-0.2, 0) is 4.79 Å². The predicted molar refractivity (Wildman–Crippen MR) is 136 cm³/mol. The lowest BCUT2D eigenvalue weighted by Gasteiger charge is -2.26. The molecule has 0 fully saturated rings. The van der Waals surface area contributed by atoms with Crippen LogP contribution >= 0.6 is 18.9 Å². The van der Waals surface area contributed by atoms with Crippen molar-refractivity contribution in [1.29, 1.82) is 0 Å². The maximum Gasteiger partial charge on any atom is 0.193 e. The average Bonchev–Trinajstić information content (AvgIpc) is 2.84. The van der Waals surface area contributed by atoms with Crippen LogP contribution in [0.1, 0.15) is 5.56 Å². The van der Waals surface area contributed by atoms with Crippen molar-refractivity contribution in [2.24, 2.45) is 0 Å². The number of carbonyl (C=O) groups excluding carboxylic acids is 1. The summed E-state index contributed by atoms with van der Waals surface area (Å²) in [6, 6.07) is 38.9. The first kappa shape index (κ1) is 21.2. The Kier molecular flexibility index (Phi) is 6.77. The van der Waals surface area contributed by atoms with Crippen LogP contribution in [0.25, 0.3) is 6.08 Å². The molecule has 4 aromatic rings. The van der Waals surface area contributed by atoms with Gasteiger partial charge in [-0.3, -0.25) is 4.79 Å². The van der Waals surface area contributed by atoms with Crippen LogP contribution in [0, 0.1) is 0 Å². The molecule has 0 aromatic heterocycles. The molecule has 4 aromatic carbocycles. The molecule has 0 aliphatic heterocycles. The largest absolute Gasteiger partial charge is 0.291 e. The summed E-state index contributed by atoms with van der Waals surface area (Å²) in [5, 5.41) is 4.31. The summed E-state index contributed by atoms with van der Waals surface area (Å²) in [7, 11) is -2.16. The minimum atomic E-state index is -2.16. The molecule has 0 unspecified atom stereocenters. The molecule has 1 nitrogen and oxygen atoms in total. The lowest BCUT2D eigenvalue weighted by Crippen LogP contribution is -2.35. The molecule has 0 atom stereocenters. The lowest BCUT2D eigenvalue weighted by molar-refractivity contribution is -0.112. The van der Waals surface area contributed by atoms with Crippen LogP contribution in [0.5, 0.6) is 0 Å². The SMILES string of the molecule is O=C(/C=C/c1ccc(Cl)cc1)C[P+](c1ccccc1)(c1ccccc1)c1ccccc1. The van der Waals surface area contributed by atoms with Gasteiger partial charge < -0.3 is 0 Å². The topological polar surface area (TPSA) is 17.1 Å². The van der Waals surface area contributed by atoms with Gasteiger partial charge in [0, 0.05) is 5.02 Å². The quantitative estimate of drug-likeness (QED) is 0.257. The van der Waals surface area contributed by atoms with Crippen LogP contribution in [0.3, 0.4) is 0 Å². The highest BCUT2D eigenvalue weighted by molar-refractivity contribution is 7.96. The number of ketones is 1. The predicted octanol–water partition coefficient (Wildman–Crippen LogP) is 5.92. The first-order chi connectivity index (χ1) is 15.2. The number of halogens is 1. The molecular formula is C28H23ClOP+. The van der Waals surface area contributed by atoms with E-state index in [9.17, 15) is 4.79 Å². The summed E-state index contributed by atoms with van der Waals surface area (Å²) in [4.78, 5) is 13.3. The van der Waals surface area contributed by atoms with Gasteiger partial charge in [-0.2, -0.15) is 0 Å². The summed E-state index contributed by atoms with van der Waals surface area (Å²) < 4.78 is 0. The van der Waals surface area contributed by atoms with Crippen molar-refractivity contribution >= 4 is 46.6 Å². The van der Waals surface area contributed by atoms with E-state index in [0.29, 0.717) is 11.2 Å². The number of hydrogen-bond donors (Lipinski definition) is 0. The Morgan fingerprint density at radius 1 is 0.645 bits per heavy atom. The van der Waals surface area contributed by atoms with Crippen LogP contribution in [0.15, 0.2) is 121 Å². The van der Waals surface area contributed by atoms with Gasteiger partial charge >= 0.3 is 0 Å². The summed E-state index contributed by atoms with van der Waals surface area (Å²) in [6.45, 7) is 0. The third kappa shape index (κ3) is 4.85. The zero-order chi connectivity index (χ0) is 21.5. The fourth-order valence-corrected chi connectivity index (χ4v) is 8.00. The van der Waals surface area contributed by atoms with Gasteiger partial charge in [0.05, 0.1) is 0 Å². The third-order valence-corrected chi connectivity index (χ3v) is 9.89. The minimum absolute atomic E-state index is 0.111. The average molecular weight is 442 g/mol. The Hall–Kier alpha value is -2.99. The van der Waals surface area contributed by atoms with Crippen LogP contribution < -0.4 is 15.9 Å². The molecule has 0 spiro atoms. The first-order valence-corrected chi connectivity index (χ1v) is 12.5. The Balaban J connectivity index is 1.80. The van der Waals surface area contributed by atoms with Crippen LogP contribution in [0.2, 0.25) is 5.02 Å². The van der Waals surface area contributed by atoms with E-state index < -0.39 is 7.26 Å². The maximum absolute atomic E-state index is 13.3. The van der Waals surface area contributed by atoms with Crippen LogP contribution in [0.4, 0.5) is 0 Å². The Bertz CT molecular complexity index is 1060. The van der Waals surface area contributed by atoms with Crippen molar-refractivity contribution < 1.29 is 4.79 Å². The fourth-order valence-electron chi connectivity index (χ4n) is 3.82. The smallest absolute Gasteiger partial charge is 0.193 e. The second kappa shape index (κ2) is 9.88. The van der Waals surface area contributed by atoms with Gasteiger partial charge in [-0.25, -0.2) is 0 Å². The van der Waals surface area contributed by atoms with E-state index >= 15 is 0 Å². The fraction of sp³-hybridized carbons (Fsp3) is 0.0357. The van der Waals surface area contributed by atoms with E-state index in [-0.39, 0.29) is 5.78 Å². The second-order valence-corrected chi connectivity index (χ2v) is 11.2. The molecule has 0 aliphatic carbocycles. The van der Waals surface area contributed by atoms with Crippen molar-refractivity contribution in [3.05, 3.63) is 132 Å². The van der Waals surface area contributed by atoms with Gasteiger partial charge in [0.2, 0.25) is 0 Å². The van der Waals surface area contributed by atoms with Gasteiger partial charge in [-0.05, 0) is 60.2 Å². The van der Waals surface area contributed by atoms with E-state index in [1.165, 1.54) is 15.9 Å². The second-order valence-electron chi connectivity index (χ2n) is 7.33. The van der Waals surface area contributed by atoms with Gasteiger partial charge in [0.1, 0.15) is 29.3 Å². The molecule has 0 saturated heterocycles. The van der Waals surface area contributed by atoms with Gasteiger partial charge in [0.25, 0.3) is 0 Å². The molecule has 0 saturated carbocycles. The van der Waals surface area contributed by atoms with Crippen molar-refractivity contribution in [3.8, 4) is 0 Å². The van der Waals surface area contributed by atoms with E-state index in [1.54, 1.807) is 6.08 Å². The standard InChI is InChI=1S/C28H23ClOP/c29-24-19-16-23(17-20-24)18-21-25(30)22-31(26-10-4-1-5-11-26,27-12-6-2-7-13-27)28-14-8-3-9-15-28/h1-21H,22H2/q+1/b21-18+. The molecule has 152 valence electrons. The van der Waals surface area contributed by atoms with E-state index in [0.717, 1.165) is 5.56 Å². The van der Waals surface area contributed by atoms with Crippen molar-refractivity contribution in [2.75, 3.05) is 6.16 Å². The van der Waals surface area contributed by atoms with Gasteiger partial charge in [-0.1, -0.05) is 84.4 Å². The number of allylic oxidation sites excluding steroid dienone is 1. The van der Waals surface area contributed by atoms with Crippen molar-refractivity contribution in [1.82, 2.24) is 0 Å². The van der Waals surface area contributed by atoms with Crippen molar-refractivity contribution in [3.63, 3.8) is 0 Å². The Labute approximate surface area is 189 Å². The molecular weight excluding hydrogens is 419 g/mol. The summed E-state index contributed by atoms with van der Waals surface area (Å²) in [5.74, 6) is 0.111. The first-order valence-electron chi connectivity index (χ1n) is 10.2. The minimum Gasteiger partial charge on any atom is -0.291 e. The maximum atomic E-state index is 13.3. The Morgan fingerprint density at radius 3 is 1.48 bits per heavy atom. The number of benzene rings is 4. The molecule has 3 heteroatoms. The summed E-state index contributed by atoms with van der Waals surface area (Å²) in [6.07, 6.45) is 4.01. The molecule has 0 heterocycles. The monoisotopic (exact) mass is 441 g/mol. The molecule has 0 amide bonds. The Morgan fingerprint density at radius 2 is 1.06 bits per heavy atom. The molecule has 0 radical (unpaired) electrons. The molecule has 4 rings (SSSR count). The van der Waals surface area contributed by atoms with Gasteiger partial charge in [0.15, 0.2) is 5.78 Å². The van der Waals surface area contributed by atoms with Crippen LogP contribution in [-0.4, -0.2) is 11.9 Å². The highest BCUT2D eigenvalue weighted by Gasteiger charge is 2.46. The van der Waals surface area contributed by atoms with Gasteiger partial charge in [-0.15, -0.1) is 0 Å². The highest BCUT2D eigenvalue weighted by Crippen LogP contribution is 2.55. The number of hydrogen-bond acceptors (Lipinski definition) is 1. The lowest BCUT2D eigenvalue weighted by atomic mass is 10.2. The summed E-state index contributed by atoms with van der Waals surface area (Å²) >= 11 is 5.98.